The van der Waals surface area contributed by atoms with Crippen molar-refractivity contribution in [3.05, 3.63) is 29.6 Å². The van der Waals surface area contributed by atoms with Crippen LogP contribution in [0.4, 0.5) is 0 Å². The normalized spacial score (nSPS) is 20.0. The smallest absolute Gasteiger partial charge is 0.0959 e. The minimum absolute atomic E-state index is 0.360. The van der Waals surface area contributed by atoms with Crippen LogP contribution in [0.15, 0.2) is 18.5 Å². The second-order valence-electron chi connectivity index (χ2n) is 7.75. The molecule has 2 aromatic rings. The molecule has 1 fully saturated rings. The van der Waals surface area contributed by atoms with Crippen LogP contribution in [0.25, 0.3) is 11.0 Å². The number of aromatic nitrogens is 2. The number of hydrogen-bond acceptors (Lipinski definition) is 4. The zero-order valence-electron chi connectivity index (χ0n) is 16.1. The van der Waals surface area contributed by atoms with Gasteiger partial charge in [0.05, 0.1) is 30.0 Å². The van der Waals surface area contributed by atoms with E-state index in [1.54, 1.807) is 0 Å². The van der Waals surface area contributed by atoms with Crippen molar-refractivity contribution in [1.82, 2.24) is 19.4 Å². The lowest BCUT2D eigenvalue weighted by atomic mass is 10.1. The highest BCUT2D eigenvalue weighted by Gasteiger charge is 2.25. The van der Waals surface area contributed by atoms with Crippen molar-refractivity contribution < 1.29 is 5.11 Å². The summed E-state index contributed by atoms with van der Waals surface area (Å²) >= 11 is 0. The first-order chi connectivity index (χ1) is 12.0. The number of fused-ring (bicyclic) bond motifs is 1. The minimum Gasteiger partial charge on any atom is -0.390 e. The summed E-state index contributed by atoms with van der Waals surface area (Å²) in [5.41, 5.74) is 4.66. The Morgan fingerprint density at radius 1 is 1.28 bits per heavy atom. The van der Waals surface area contributed by atoms with Crippen molar-refractivity contribution in [2.24, 2.45) is 5.92 Å². The third-order valence-corrected chi connectivity index (χ3v) is 5.59. The highest BCUT2D eigenvalue weighted by Crippen LogP contribution is 2.20. The fraction of sp³-hybridized carbons (Fsp3) is 0.650. The molecule has 5 nitrogen and oxygen atoms in total. The van der Waals surface area contributed by atoms with Gasteiger partial charge in [-0.25, -0.2) is 4.98 Å². The van der Waals surface area contributed by atoms with Gasteiger partial charge in [-0.15, -0.1) is 0 Å². The number of imidazole rings is 1. The number of aryl methyl sites for hydroxylation is 2. The Balaban J connectivity index is 1.57. The van der Waals surface area contributed by atoms with E-state index < -0.39 is 0 Å². The summed E-state index contributed by atoms with van der Waals surface area (Å²) in [5, 5.41) is 10.6. The number of aliphatic hydroxyl groups excluding tert-OH is 1. The first-order valence-electron chi connectivity index (χ1n) is 9.47. The Bertz CT molecular complexity index is 711. The van der Waals surface area contributed by atoms with Crippen LogP contribution in [0, 0.1) is 19.8 Å². The Hall–Kier alpha value is -1.43. The fourth-order valence-electron chi connectivity index (χ4n) is 3.84. The number of rotatable bonds is 7. The Labute approximate surface area is 151 Å². The summed E-state index contributed by atoms with van der Waals surface area (Å²) in [6, 6.07) is 4.31. The lowest BCUT2D eigenvalue weighted by Crippen LogP contribution is -2.34. The van der Waals surface area contributed by atoms with Gasteiger partial charge in [-0.1, -0.05) is 6.92 Å². The SMILES string of the molecule is CCN(C)CC1CCN(CC(O)Cn2cnc3cc(C)c(C)cc32)C1. The van der Waals surface area contributed by atoms with E-state index in [4.69, 9.17) is 0 Å². The van der Waals surface area contributed by atoms with Crippen molar-refractivity contribution in [3.8, 4) is 0 Å². The first kappa shape index (κ1) is 18.4. The summed E-state index contributed by atoms with van der Waals surface area (Å²) < 4.78 is 2.09. The predicted octanol–water partition coefficient (Wildman–Crippen LogP) is 2.29. The van der Waals surface area contributed by atoms with Gasteiger partial charge in [0.15, 0.2) is 0 Å². The monoisotopic (exact) mass is 344 g/mol. The Morgan fingerprint density at radius 3 is 2.80 bits per heavy atom. The van der Waals surface area contributed by atoms with Crippen LogP contribution < -0.4 is 0 Å². The lowest BCUT2D eigenvalue weighted by molar-refractivity contribution is 0.107. The predicted molar refractivity (Wildman–Crippen MR) is 103 cm³/mol. The maximum atomic E-state index is 10.6. The topological polar surface area (TPSA) is 44.5 Å². The van der Waals surface area contributed by atoms with Gasteiger partial charge >= 0.3 is 0 Å². The second-order valence-corrected chi connectivity index (χ2v) is 7.75. The Kier molecular flexibility index (Phi) is 5.77. The van der Waals surface area contributed by atoms with Crippen molar-refractivity contribution in [2.45, 2.75) is 39.8 Å². The third kappa shape index (κ3) is 4.40. The van der Waals surface area contributed by atoms with Crippen molar-refractivity contribution in [3.63, 3.8) is 0 Å². The van der Waals surface area contributed by atoms with E-state index in [1.807, 2.05) is 6.33 Å². The van der Waals surface area contributed by atoms with Gasteiger partial charge in [0.2, 0.25) is 0 Å². The standard InChI is InChI=1S/C20H32N4O/c1-5-22(4)10-17-6-7-23(11-17)12-18(25)13-24-14-21-19-8-15(2)16(3)9-20(19)24/h8-9,14,17-18,25H,5-7,10-13H2,1-4H3. The van der Waals surface area contributed by atoms with Gasteiger partial charge in [0.1, 0.15) is 0 Å². The summed E-state index contributed by atoms with van der Waals surface area (Å²) in [6.07, 6.45) is 2.74. The van der Waals surface area contributed by atoms with Crippen molar-refractivity contribution >= 4 is 11.0 Å². The van der Waals surface area contributed by atoms with E-state index in [0.29, 0.717) is 6.54 Å². The molecule has 2 unspecified atom stereocenters. The van der Waals surface area contributed by atoms with Crippen LogP contribution in [-0.2, 0) is 6.54 Å². The third-order valence-electron chi connectivity index (χ3n) is 5.59. The maximum absolute atomic E-state index is 10.6. The summed E-state index contributed by atoms with van der Waals surface area (Å²) in [5.74, 6) is 0.733. The van der Waals surface area contributed by atoms with Gasteiger partial charge in [0, 0.05) is 19.6 Å². The maximum Gasteiger partial charge on any atom is 0.0959 e. The van der Waals surface area contributed by atoms with E-state index in [9.17, 15) is 5.11 Å². The van der Waals surface area contributed by atoms with E-state index in [-0.39, 0.29) is 6.10 Å². The van der Waals surface area contributed by atoms with E-state index in [0.717, 1.165) is 49.7 Å². The van der Waals surface area contributed by atoms with Gasteiger partial charge in [-0.3, -0.25) is 0 Å². The number of benzene rings is 1. The van der Waals surface area contributed by atoms with Crippen molar-refractivity contribution in [1.29, 1.82) is 0 Å². The Morgan fingerprint density at radius 2 is 2.04 bits per heavy atom. The van der Waals surface area contributed by atoms with Crippen LogP contribution in [0.5, 0.6) is 0 Å². The molecule has 0 aliphatic carbocycles. The quantitative estimate of drug-likeness (QED) is 0.837. The van der Waals surface area contributed by atoms with Gasteiger partial charge in [0.25, 0.3) is 0 Å². The van der Waals surface area contributed by atoms with Crippen LogP contribution in [0.2, 0.25) is 0 Å². The molecule has 0 saturated carbocycles. The molecule has 138 valence electrons. The van der Waals surface area contributed by atoms with Gasteiger partial charge in [-0.2, -0.15) is 0 Å². The molecule has 1 aliphatic heterocycles. The number of likely N-dealkylation sites (tertiary alicyclic amines) is 1. The van der Waals surface area contributed by atoms with Crippen LogP contribution in [-0.4, -0.2) is 70.3 Å². The number of nitrogens with zero attached hydrogens (tertiary/aromatic N) is 4. The first-order valence-corrected chi connectivity index (χ1v) is 9.47. The van der Waals surface area contributed by atoms with Crippen LogP contribution in [0.3, 0.4) is 0 Å². The highest BCUT2D eigenvalue weighted by molar-refractivity contribution is 5.77. The summed E-state index contributed by atoms with van der Waals surface area (Å²) in [6.45, 7) is 12.3. The molecule has 1 aromatic heterocycles. The van der Waals surface area contributed by atoms with E-state index in [1.165, 1.54) is 17.5 Å². The van der Waals surface area contributed by atoms with Gasteiger partial charge in [-0.05, 0) is 69.6 Å². The molecule has 1 aliphatic rings. The van der Waals surface area contributed by atoms with Crippen LogP contribution >= 0.6 is 0 Å². The average Bonchev–Trinajstić information content (AvgIpc) is 3.15. The lowest BCUT2D eigenvalue weighted by Gasteiger charge is -2.22. The minimum atomic E-state index is -0.360. The molecule has 5 heteroatoms. The molecule has 3 rings (SSSR count). The molecule has 0 spiro atoms. The van der Waals surface area contributed by atoms with Crippen LogP contribution in [0.1, 0.15) is 24.5 Å². The summed E-state index contributed by atoms with van der Waals surface area (Å²) in [4.78, 5) is 9.28. The fourth-order valence-corrected chi connectivity index (χ4v) is 3.84. The second kappa shape index (κ2) is 7.85. The molecular weight excluding hydrogens is 312 g/mol. The highest BCUT2D eigenvalue weighted by atomic mass is 16.3. The van der Waals surface area contributed by atoms with E-state index >= 15 is 0 Å². The van der Waals surface area contributed by atoms with E-state index in [2.05, 4.69) is 59.3 Å². The molecule has 0 amide bonds. The molecule has 2 atom stereocenters. The molecule has 1 aromatic carbocycles. The largest absolute Gasteiger partial charge is 0.390 e. The molecule has 0 radical (unpaired) electrons. The molecule has 0 bridgehead atoms. The molecule has 1 saturated heterocycles. The molecular formula is C20H32N4O. The number of hydrogen-bond donors (Lipinski definition) is 1. The summed E-state index contributed by atoms with van der Waals surface area (Å²) in [7, 11) is 2.19. The zero-order chi connectivity index (χ0) is 18.0. The average molecular weight is 345 g/mol. The number of aliphatic hydroxyl groups is 1. The molecule has 25 heavy (non-hydrogen) atoms. The molecule has 1 N–H and O–H groups in total. The van der Waals surface area contributed by atoms with Crippen molar-refractivity contribution in [2.75, 3.05) is 39.8 Å². The molecule has 2 heterocycles. The zero-order valence-corrected chi connectivity index (χ0v) is 16.1. The number of β-amino-alcohol motifs (C(OH)–C–C–N with tert-alkyl or cyclic N) is 1. The van der Waals surface area contributed by atoms with Gasteiger partial charge < -0.3 is 19.5 Å².